The summed E-state index contributed by atoms with van der Waals surface area (Å²) in [6.45, 7) is 5.96. The molecule has 0 unspecified atom stereocenters. The molecule has 2 heterocycles. The number of pyridine rings is 1. The lowest BCUT2D eigenvalue weighted by Gasteiger charge is -2.26. The zero-order chi connectivity index (χ0) is 22.0. The Balaban J connectivity index is 1.19. The Morgan fingerprint density at radius 3 is 2.59 bits per heavy atom. The van der Waals surface area contributed by atoms with Crippen molar-refractivity contribution in [1.29, 1.82) is 0 Å². The summed E-state index contributed by atoms with van der Waals surface area (Å²) in [5.41, 5.74) is 2.88. The predicted octanol–water partition coefficient (Wildman–Crippen LogP) is 3.70. The number of carbonyl (C=O) groups excluding carboxylic acids is 1. The van der Waals surface area contributed by atoms with Gasteiger partial charge in [-0.15, -0.1) is 0 Å². The number of carbonyl (C=O) groups is 1. The van der Waals surface area contributed by atoms with E-state index in [2.05, 4.69) is 15.2 Å². The van der Waals surface area contributed by atoms with Crippen LogP contribution in [-0.2, 0) is 16.0 Å². The summed E-state index contributed by atoms with van der Waals surface area (Å²) in [4.78, 5) is 19.1. The molecule has 1 saturated carbocycles. The van der Waals surface area contributed by atoms with Gasteiger partial charge in [-0.25, -0.2) is 0 Å². The van der Waals surface area contributed by atoms with Gasteiger partial charge in [0.25, 0.3) is 0 Å². The second-order valence-electron chi connectivity index (χ2n) is 8.84. The van der Waals surface area contributed by atoms with Gasteiger partial charge >= 0.3 is 0 Å². The molecule has 6 heteroatoms. The molecule has 0 radical (unpaired) electrons. The Hall–Kier alpha value is -2.44. The first-order valence-corrected chi connectivity index (χ1v) is 12.0. The summed E-state index contributed by atoms with van der Waals surface area (Å²) >= 11 is 0. The van der Waals surface area contributed by atoms with Crippen LogP contribution in [0.15, 0.2) is 42.6 Å². The molecule has 1 N–H and O–H groups in total. The van der Waals surface area contributed by atoms with Gasteiger partial charge in [-0.1, -0.05) is 31.7 Å². The molecule has 2 aliphatic rings. The van der Waals surface area contributed by atoms with Gasteiger partial charge in [-0.2, -0.15) is 0 Å². The Morgan fingerprint density at radius 2 is 1.88 bits per heavy atom. The lowest BCUT2D eigenvalue weighted by atomic mass is 10.0. The average Bonchev–Trinajstić information content (AvgIpc) is 3.34. The van der Waals surface area contributed by atoms with Gasteiger partial charge in [-0.05, 0) is 48.2 Å². The number of nitrogens with zero attached hydrogens (tertiary/aromatic N) is 2. The zero-order valence-corrected chi connectivity index (χ0v) is 18.9. The molecular formula is C26H35N3O3. The molecule has 0 spiro atoms. The number of aromatic nitrogens is 1. The SMILES string of the molecule is O=C(Cc1ccc(-c2ccc(OCCN3CCOCC3)cc2)nc1)NCCC1CCCC1. The van der Waals surface area contributed by atoms with E-state index in [1.54, 1.807) is 6.20 Å². The average molecular weight is 438 g/mol. The monoisotopic (exact) mass is 437 g/mol. The first-order chi connectivity index (χ1) is 15.8. The van der Waals surface area contributed by atoms with Gasteiger partial charge in [0.15, 0.2) is 0 Å². The fourth-order valence-corrected chi connectivity index (χ4v) is 4.50. The maximum absolute atomic E-state index is 12.2. The van der Waals surface area contributed by atoms with Gasteiger partial charge in [0, 0.05) is 37.9 Å². The topological polar surface area (TPSA) is 63.7 Å². The third kappa shape index (κ3) is 7.04. The number of morpholine rings is 1. The van der Waals surface area contributed by atoms with Crippen LogP contribution in [0.25, 0.3) is 11.3 Å². The van der Waals surface area contributed by atoms with E-state index in [-0.39, 0.29) is 5.91 Å². The summed E-state index contributed by atoms with van der Waals surface area (Å²) in [5.74, 6) is 1.75. The lowest BCUT2D eigenvalue weighted by molar-refractivity contribution is -0.120. The maximum atomic E-state index is 12.2. The third-order valence-electron chi connectivity index (χ3n) is 6.47. The van der Waals surface area contributed by atoms with E-state index in [1.165, 1.54) is 25.7 Å². The van der Waals surface area contributed by atoms with Gasteiger partial charge in [0.2, 0.25) is 5.91 Å². The van der Waals surface area contributed by atoms with Crippen molar-refractivity contribution in [2.45, 2.75) is 38.5 Å². The van der Waals surface area contributed by atoms with E-state index in [4.69, 9.17) is 9.47 Å². The first-order valence-electron chi connectivity index (χ1n) is 12.0. The van der Waals surface area contributed by atoms with Crippen LogP contribution in [0.1, 0.15) is 37.7 Å². The quantitative estimate of drug-likeness (QED) is 0.614. The minimum absolute atomic E-state index is 0.0797. The number of rotatable bonds is 10. The molecule has 6 nitrogen and oxygen atoms in total. The fourth-order valence-electron chi connectivity index (χ4n) is 4.50. The molecule has 1 aromatic carbocycles. The number of hydrogen-bond acceptors (Lipinski definition) is 5. The van der Waals surface area contributed by atoms with Crippen molar-refractivity contribution in [2.24, 2.45) is 5.92 Å². The van der Waals surface area contributed by atoms with Crippen molar-refractivity contribution in [2.75, 3.05) is 46.0 Å². The molecule has 1 saturated heterocycles. The highest BCUT2D eigenvalue weighted by Crippen LogP contribution is 2.27. The van der Waals surface area contributed by atoms with Crippen LogP contribution < -0.4 is 10.1 Å². The minimum Gasteiger partial charge on any atom is -0.492 e. The van der Waals surface area contributed by atoms with Crippen molar-refractivity contribution >= 4 is 5.91 Å². The van der Waals surface area contributed by atoms with Crippen molar-refractivity contribution in [3.63, 3.8) is 0 Å². The second-order valence-corrected chi connectivity index (χ2v) is 8.84. The van der Waals surface area contributed by atoms with Crippen molar-refractivity contribution in [1.82, 2.24) is 15.2 Å². The van der Waals surface area contributed by atoms with Crippen molar-refractivity contribution < 1.29 is 14.3 Å². The summed E-state index contributed by atoms with van der Waals surface area (Å²) < 4.78 is 11.3. The summed E-state index contributed by atoms with van der Waals surface area (Å²) in [5, 5.41) is 3.06. The molecule has 172 valence electrons. The van der Waals surface area contributed by atoms with Crippen LogP contribution in [0.5, 0.6) is 5.75 Å². The standard InChI is InChI=1S/C26H35N3O3/c30-26(27-12-11-21-3-1-2-4-21)19-22-5-10-25(28-20-22)23-6-8-24(9-7-23)32-18-15-29-13-16-31-17-14-29/h5-10,20-21H,1-4,11-19H2,(H,27,30). The number of nitrogens with one attached hydrogen (secondary N) is 1. The van der Waals surface area contributed by atoms with Crippen molar-refractivity contribution in [3.8, 4) is 17.0 Å². The first kappa shape index (κ1) is 22.7. The molecule has 1 aliphatic carbocycles. The Labute approximate surface area is 191 Å². The van der Waals surface area contributed by atoms with Crippen LogP contribution in [0.4, 0.5) is 0 Å². The van der Waals surface area contributed by atoms with E-state index < -0.39 is 0 Å². The van der Waals surface area contributed by atoms with Crippen LogP contribution in [-0.4, -0.2) is 61.8 Å². The molecular weight excluding hydrogens is 402 g/mol. The highest BCUT2D eigenvalue weighted by molar-refractivity contribution is 5.78. The highest BCUT2D eigenvalue weighted by Gasteiger charge is 2.15. The van der Waals surface area contributed by atoms with Crippen LogP contribution in [0.3, 0.4) is 0 Å². The van der Waals surface area contributed by atoms with E-state index in [0.717, 1.165) is 74.3 Å². The third-order valence-corrected chi connectivity index (χ3v) is 6.47. The van der Waals surface area contributed by atoms with Gasteiger partial charge in [0.05, 0.1) is 25.3 Å². The molecule has 1 amide bonds. The summed E-state index contributed by atoms with van der Waals surface area (Å²) in [7, 11) is 0. The molecule has 1 aliphatic heterocycles. The normalized spacial score (nSPS) is 17.4. The van der Waals surface area contributed by atoms with E-state index in [9.17, 15) is 4.79 Å². The second kappa shape index (κ2) is 12.0. The summed E-state index contributed by atoms with van der Waals surface area (Å²) in [6.07, 6.45) is 8.64. The molecule has 4 rings (SSSR count). The Kier molecular flexibility index (Phi) is 8.51. The summed E-state index contributed by atoms with van der Waals surface area (Å²) in [6, 6.07) is 12.0. The predicted molar refractivity (Wildman–Crippen MR) is 126 cm³/mol. The number of benzene rings is 1. The number of ether oxygens (including phenoxy) is 2. The van der Waals surface area contributed by atoms with Crippen molar-refractivity contribution in [3.05, 3.63) is 48.2 Å². The Bertz CT molecular complexity index is 826. The molecule has 32 heavy (non-hydrogen) atoms. The van der Waals surface area contributed by atoms with Crippen LogP contribution in [0.2, 0.25) is 0 Å². The van der Waals surface area contributed by atoms with E-state index in [1.807, 2.05) is 36.4 Å². The van der Waals surface area contributed by atoms with Crippen LogP contribution >= 0.6 is 0 Å². The maximum Gasteiger partial charge on any atom is 0.224 e. The molecule has 0 atom stereocenters. The van der Waals surface area contributed by atoms with Gasteiger partial charge < -0.3 is 14.8 Å². The minimum atomic E-state index is 0.0797. The Morgan fingerprint density at radius 1 is 1.09 bits per heavy atom. The van der Waals surface area contributed by atoms with E-state index >= 15 is 0 Å². The molecule has 2 aromatic rings. The largest absolute Gasteiger partial charge is 0.492 e. The highest BCUT2D eigenvalue weighted by atomic mass is 16.5. The van der Waals surface area contributed by atoms with Gasteiger partial charge in [-0.3, -0.25) is 14.7 Å². The smallest absolute Gasteiger partial charge is 0.224 e. The van der Waals surface area contributed by atoms with E-state index in [0.29, 0.717) is 13.0 Å². The fraction of sp³-hybridized carbons (Fsp3) is 0.538. The molecule has 1 aromatic heterocycles. The molecule has 2 fully saturated rings. The molecule has 0 bridgehead atoms. The lowest BCUT2D eigenvalue weighted by Crippen LogP contribution is -2.38. The number of amides is 1. The van der Waals surface area contributed by atoms with Gasteiger partial charge in [0.1, 0.15) is 12.4 Å². The zero-order valence-electron chi connectivity index (χ0n) is 18.9. The number of hydrogen-bond donors (Lipinski definition) is 1. The van der Waals surface area contributed by atoms with Crippen LogP contribution in [0, 0.1) is 5.92 Å².